The van der Waals surface area contributed by atoms with Crippen molar-refractivity contribution in [2.45, 2.75) is 6.29 Å². The quantitative estimate of drug-likeness (QED) is 0.473. The molecule has 0 saturated carbocycles. The van der Waals surface area contributed by atoms with Gasteiger partial charge < -0.3 is 14.8 Å². The highest BCUT2D eigenvalue weighted by atomic mass is 16.7. The lowest BCUT2D eigenvalue weighted by Crippen LogP contribution is -2.82. The largest absolute Gasteiger partial charge is 0.351 e. The lowest BCUT2D eigenvalue weighted by molar-refractivity contribution is -0.641. The molecule has 0 atom stereocenters. The molecule has 0 aliphatic rings. The molecule has 0 aliphatic heterocycles. The van der Waals surface area contributed by atoms with E-state index < -0.39 is 0 Å². The molecule has 0 saturated heterocycles. The van der Waals surface area contributed by atoms with Gasteiger partial charge in [-0.3, -0.25) is 0 Å². The third-order valence-corrected chi connectivity index (χ3v) is 0.954. The molecule has 0 fully saturated rings. The van der Waals surface area contributed by atoms with Gasteiger partial charge in [0.25, 0.3) is 0 Å². The first-order chi connectivity index (χ1) is 3.85. The Bertz CT molecular complexity index is 45.7. The lowest BCUT2D eigenvalue weighted by Gasteiger charge is -2.08. The topological polar surface area (TPSA) is 35.1 Å². The van der Waals surface area contributed by atoms with Crippen LogP contribution >= 0.6 is 0 Å². The van der Waals surface area contributed by atoms with E-state index in [-0.39, 0.29) is 6.29 Å². The molecule has 0 bridgehead atoms. The first-order valence-corrected chi connectivity index (χ1v) is 2.68. The Labute approximate surface area is 50.0 Å². The highest BCUT2D eigenvalue weighted by molar-refractivity contribution is 4.30. The molecule has 3 heteroatoms. The number of rotatable bonds is 4. The molecule has 0 aromatic carbocycles. The van der Waals surface area contributed by atoms with E-state index in [4.69, 9.17) is 9.47 Å². The molecule has 0 aromatic rings. The molecule has 0 unspecified atom stereocenters. The first kappa shape index (κ1) is 7.88. The predicted molar refractivity (Wildman–Crippen MR) is 30.5 cm³/mol. The molecule has 3 nitrogen and oxygen atoms in total. The average molecular weight is 120 g/mol. The van der Waals surface area contributed by atoms with E-state index in [2.05, 4.69) is 0 Å². The molecule has 0 radical (unpaired) electrons. The Kier molecular flexibility index (Phi) is 4.95. The van der Waals surface area contributed by atoms with Gasteiger partial charge in [0.2, 0.25) is 6.29 Å². The van der Waals surface area contributed by atoms with Crippen molar-refractivity contribution in [1.82, 2.24) is 0 Å². The van der Waals surface area contributed by atoms with Gasteiger partial charge in [-0.25, -0.2) is 0 Å². The van der Waals surface area contributed by atoms with E-state index in [1.54, 1.807) is 14.2 Å². The maximum Gasteiger partial charge on any atom is 0.206 e. The Balaban J connectivity index is 3.07. The Morgan fingerprint density at radius 2 is 1.88 bits per heavy atom. The fourth-order valence-electron chi connectivity index (χ4n) is 0.481. The van der Waals surface area contributed by atoms with Crippen LogP contribution < -0.4 is 5.32 Å². The van der Waals surface area contributed by atoms with Crippen LogP contribution in [-0.4, -0.2) is 34.1 Å². The molecule has 50 valence electrons. The molecule has 0 spiro atoms. The first-order valence-electron chi connectivity index (χ1n) is 2.68. The highest BCUT2D eigenvalue weighted by Crippen LogP contribution is 1.82. The van der Waals surface area contributed by atoms with Crippen LogP contribution in [0.4, 0.5) is 0 Å². The summed E-state index contributed by atoms with van der Waals surface area (Å²) < 4.78 is 9.77. The van der Waals surface area contributed by atoms with Gasteiger partial charge in [0.1, 0.15) is 6.54 Å². The van der Waals surface area contributed by atoms with Gasteiger partial charge >= 0.3 is 0 Å². The van der Waals surface area contributed by atoms with E-state index >= 15 is 0 Å². The average Bonchev–Trinajstić information content (AvgIpc) is 1.83. The van der Waals surface area contributed by atoms with Crippen LogP contribution in [0.5, 0.6) is 0 Å². The second-order valence-electron chi connectivity index (χ2n) is 1.54. The molecule has 8 heavy (non-hydrogen) atoms. The number of nitrogens with two attached hydrogens (primary N) is 1. The van der Waals surface area contributed by atoms with Crippen molar-refractivity contribution in [3.8, 4) is 0 Å². The fraction of sp³-hybridized carbons (Fsp3) is 1.00. The van der Waals surface area contributed by atoms with Crippen molar-refractivity contribution in [2.75, 3.05) is 27.8 Å². The zero-order valence-electron chi connectivity index (χ0n) is 5.68. The van der Waals surface area contributed by atoms with Gasteiger partial charge in [0.05, 0.1) is 7.05 Å². The van der Waals surface area contributed by atoms with Crippen LogP contribution in [0.3, 0.4) is 0 Å². The molecule has 2 N–H and O–H groups in total. The third kappa shape index (κ3) is 2.96. The summed E-state index contributed by atoms with van der Waals surface area (Å²) in [6.07, 6.45) is -0.0556. The van der Waals surface area contributed by atoms with Crippen molar-refractivity contribution in [1.29, 1.82) is 0 Å². The Hall–Kier alpha value is -0.120. The van der Waals surface area contributed by atoms with E-state index in [1.165, 1.54) is 0 Å². The molecule has 0 aromatic heterocycles. The van der Waals surface area contributed by atoms with Crippen LogP contribution in [0.1, 0.15) is 0 Å². The van der Waals surface area contributed by atoms with E-state index in [1.807, 2.05) is 12.4 Å². The predicted octanol–water partition coefficient (Wildman–Crippen LogP) is -1.20. The molecule has 0 amide bonds. The summed E-state index contributed by atoms with van der Waals surface area (Å²) in [5.41, 5.74) is 0. The van der Waals surface area contributed by atoms with Crippen molar-refractivity contribution in [2.24, 2.45) is 0 Å². The normalized spacial score (nSPS) is 10.5. The van der Waals surface area contributed by atoms with Gasteiger partial charge in [-0.1, -0.05) is 0 Å². The fourth-order valence-corrected chi connectivity index (χ4v) is 0.481. The van der Waals surface area contributed by atoms with Crippen molar-refractivity contribution < 1.29 is 14.8 Å². The zero-order chi connectivity index (χ0) is 6.41. The maximum absolute atomic E-state index is 4.89. The standard InChI is InChI=1S/C5H13NO2/c1-6-4-5(7-2)8-3/h5-6H,4H2,1-3H3/p+1. The van der Waals surface area contributed by atoms with Crippen LogP contribution in [0.15, 0.2) is 0 Å². The molecule has 0 rings (SSSR count). The number of hydrogen-bond acceptors (Lipinski definition) is 2. The molecular weight excluding hydrogens is 106 g/mol. The monoisotopic (exact) mass is 120 g/mol. The minimum atomic E-state index is -0.0556. The summed E-state index contributed by atoms with van der Waals surface area (Å²) in [5.74, 6) is 0. The van der Waals surface area contributed by atoms with E-state index in [9.17, 15) is 0 Å². The summed E-state index contributed by atoms with van der Waals surface area (Å²) in [7, 11) is 5.25. The summed E-state index contributed by atoms with van der Waals surface area (Å²) in [6.45, 7) is 0.854. The zero-order valence-corrected chi connectivity index (χ0v) is 5.68. The summed E-state index contributed by atoms with van der Waals surface area (Å²) in [6, 6.07) is 0. The number of likely N-dealkylation sites (N-methyl/N-ethyl adjacent to an activating group) is 1. The van der Waals surface area contributed by atoms with Crippen molar-refractivity contribution >= 4 is 0 Å². The van der Waals surface area contributed by atoms with Crippen LogP contribution in [-0.2, 0) is 9.47 Å². The van der Waals surface area contributed by atoms with Gasteiger partial charge in [0.15, 0.2) is 0 Å². The third-order valence-electron chi connectivity index (χ3n) is 0.954. The molecule has 0 heterocycles. The van der Waals surface area contributed by atoms with E-state index in [0.717, 1.165) is 6.54 Å². The van der Waals surface area contributed by atoms with Gasteiger partial charge in [-0.2, -0.15) is 0 Å². The second-order valence-corrected chi connectivity index (χ2v) is 1.54. The second kappa shape index (κ2) is 5.03. The van der Waals surface area contributed by atoms with Gasteiger partial charge in [-0.15, -0.1) is 0 Å². The Morgan fingerprint density at radius 3 is 2.00 bits per heavy atom. The summed E-state index contributed by atoms with van der Waals surface area (Å²) >= 11 is 0. The van der Waals surface area contributed by atoms with Crippen molar-refractivity contribution in [3.63, 3.8) is 0 Å². The number of quaternary nitrogens is 1. The molecular formula is C5H14NO2+. The van der Waals surface area contributed by atoms with Crippen LogP contribution in [0, 0.1) is 0 Å². The summed E-state index contributed by atoms with van der Waals surface area (Å²) in [4.78, 5) is 0. The molecule has 0 aliphatic carbocycles. The maximum atomic E-state index is 4.89. The summed E-state index contributed by atoms with van der Waals surface area (Å²) in [5, 5.41) is 2.01. The van der Waals surface area contributed by atoms with Gasteiger partial charge in [-0.05, 0) is 0 Å². The van der Waals surface area contributed by atoms with Crippen molar-refractivity contribution in [3.05, 3.63) is 0 Å². The van der Waals surface area contributed by atoms with Gasteiger partial charge in [0, 0.05) is 14.2 Å². The highest BCUT2D eigenvalue weighted by Gasteiger charge is 2.02. The number of ether oxygens (including phenoxy) is 2. The van der Waals surface area contributed by atoms with E-state index in [0.29, 0.717) is 0 Å². The number of hydrogen-bond donors (Lipinski definition) is 1. The number of methoxy groups -OCH3 is 2. The SMILES string of the molecule is C[NH2+]CC(OC)OC. The van der Waals surface area contributed by atoms with Crippen LogP contribution in [0.25, 0.3) is 0 Å². The van der Waals surface area contributed by atoms with Crippen LogP contribution in [0.2, 0.25) is 0 Å². The minimum absolute atomic E-state index is 0.0556. The smallest absolute Gasteiger partial charge is 0.206 e. The Morgan fingerprint density at radius 1 is 1.38 bits per heavy atom. The minimum Gasteiger partial charge on any atom is -0.351 e. The lowest BCUT2D eigenvalue weighted by atomic mass is 10.6.